The monoisotopic (exact) mass is 396 g/mol. The van der Waals surface area contributed by atoms with Crippen molar-refractivity contribution in [2.45, 2.75) is 0 Å². The van der Waals surface area contributed by atoms with Crippen LogP contribution in [-0.2, 0) is 9.53 Å². The lowest BCUT2D eigenvalue weighted by atomic mass is 10.2. The molecule has 5 N–H and O–H groups in total. The Morgan fingerprint density at radius 2 is 1.74 bits per heavy atom. The Balaban J connectivity index is 1.66. The maximum Gasteiger partial charge on any atom is 0.338 e. The average Bonchev–Trinajstić information content (AvgIpc) is 2.99. The van der Waals surface area contributed by atoms with Gasteiger partial charge in [0.2, 0.25) is 0 Å². The minimum atomic E-state index is -1.65. The molecule has 0 bridgehead atoms. The zero-order valence-electron chi connectivity index (χ0n) is 13.4. The summed E-state index contributed by atoms with van der Waals surface area (Å²) in [4.78, 5) is 27.5. The molecule has 1 amide bonds. The van der Waals surface area contributed by atoms with E-state index in [1.807, 2.05) is 0 Å². The molecule has 3 rings (SSSR count). The van der Waals surface area contributed by atoms with Gasteiger partial charge in [0.1, 0.15) is 5.52 Å². The lowest BCUT2D eigenvalue weighted by Crippen LogP contribution is -2.21. The molecule has 0 aliphatic carbocycles. The van der Waals surface area contributed by atoms with E-state index in [1.165, 1.54) is 18.2 Å². The van der Waals surface area contributed by atoms with E-state index in [1.54, 1.807) is 0 Å². The van der Waals surface area contributed by atoms with E-state index >= 15 is 0 Å². The normalized spacial score (nSPS) is 10.8. The van der Waals surface area contributed by atoms with Gasteiger partial charge in [-0.2, -0.15) is 0 Å². The summed E-state index contributed by atoms with van der Waals surface area (Å²) >= 11 is 0.734. The van der Waals surface area contributed by atoms with Crippen molar-refractivity contribution in [2.24, 2.45) is 0 Å². The Bertz CT molecular complexity index is 1050. The number of halogens is 3. The fraction of sp³-hybridized carbons (Fsp3) is 0.0625. The number of rotatable bonds is 4. The second kappa shape index (κ2) is 7.11. The Kier molecular flexibility index (Phi) is 4.86. The molecule has 0 saturated heterocycles. The highest BCUT2D eigenvalue weighted by Crippen LogP contribution is 2.30. The van der Waals surface area contributed by atoms with Crippen molar-refractivity contribution in [3.05, 3.63) is 47.3 Å². The van der Waals surface area contributed by atoms with Crippen molar-refractivity contribution < 1.29 is 27.5 Å². The first-order valence-corrected chi connectivity index (χ1v) is 8.13. The predicted molar refractivity (Wildman–Crippen MR) is 93.7 cm³/mol. The first kappa shape index (κ1) is 18.5. The Labute approximate surface area is 153 Å². The number of fused-ring (bicyclic) bond motifs is 1. The van der Waals surface area contributed by atoms with E-state index in [-0.39, 0.29) is 26.8 Å². The molecule has 0 fully saturated rings. The molecule has 11 heteroatoms. The lowest BCUT2D eigenvalue weighted by Gasteiger charge is -2.06. The molecule has 0 aliphatic rings. The van der Waals surface area contributed by atoms with E-state index in [0.29, 0.717) is 0 Å². The molecule has 0 unspecified atom stereocenters. The summed E-state index contributed by atoms with van der Waals surface area (Å²) in [6, 6.07) is 4.87. The molecule has 3 aromatic rings. The Morgan fingerprint density at radius 3 is 2.41 bits per heavy atom. The number of thiazole rings is 1. The number of esters is 1. The number of amides is 1. The molecule has 0 atom stereocenters. The molecule has 1 heterocycles. The maximum absolute atomic E-state index is 13.6. The van der Waals surface area contributed by atoms with Gasteiger partial charge in [0.05, 0.1) is 10.3 Å². The Morgan fingerprint density at radius 1 is 1.07 bits per heavy atom. The van der Waals surface area contributed by atoms with Crippen LogP contribution in [0.25, 0.3) is 10.2 Å². The third kappa shape index (κ3) is 3.92. The highest BCUT2D eigenvalue weighted by molar-refractivity contribution is 7.22. The zero-order valence-corrected chi connectivity index (χ0v) is 14.2. The third-order valence-electron chi connectivity index (χ3n) is 3.32. The van der Waals surface area contributed by atoms with Gasteiger partial charge in [-0.3, -0.25) is 10.1 Å². The molecule has 140 valence electrons. The molecule has 0 aliphatic heterocycles. The van der Waals surface area contributed by atoms with Crippen LogP contribution in [0, 0.1) is 17.5 Å². The molecular formula is C16H11F3N4O3S. The maximum atomic E-state index is 13.6. The lowest BCUT2D eigenvalue weighted by molar-refractivity contribution is -0.119. The number of nitrogens with two attached hydrogens (primary N) is 2. The van der Waals surface area contributed by atoms with Crippen LogP contribution in [0.1, 0.15) is 10.4 Å². The molecule has 1 aromatic heterocycles. The summed E-state index contributed by atoms with van der Waals surface area (Å²) in [5, 5.41) is 2.15. The van der Waals surface area contributed by atoms with E-state index in [4.69, 9.17) is 16.2 Å². The Hall–Kier alpha value is -3.34. The third-order valence-corrected chi connectivity index (χ3v) is 4.23. The van der Waals surface area contributed by atoms with Crippen molar-refractivity contribution in [3.63, 3.8) is 0 Å². The number of nitrogen functional groups attached to an aromatic ring is 2. The molecule has 7 nitrogen and oxygen atoms in total. The SMILES string of the molecule is Nc1cc(N)cc(C(=O)OCC(=O)Nc2nc3c(F)c(F)c(F)cc3s2)c1. The molecule has 0 spiro atoms. The number of hydrogen-bond donors (Lipinski definition) is 3. The smallest absolute Gasteiger partial charge is 0.338 e. The van der Waals surface area contributed by atoms with E-state index in [9.17, 15) is 22.8 Å². The van der Waals surface area contributed by atoms with Crippen LogP contribution in [0.5, 0.6) is 0 Å². The number of benzene rings is 2. The largest absolute Gasteiger partial charge is 0.452 e. The highest BCUT2D eigenvalue weighted by atomic mass is 32.1. The van der Waals surface area contributed by atoms with Crippen LogP contribution in [-0.4, -0.2) is 23.5 Å². The van der Waals surface area contributed by atoms with Gasteiger partial charge >= 0.3 is 5.97 Å². The number of aromatic nitrogens is 1. The summed E-state index contributed by atoms with van der Waals surface area (Å²) in [6.45, 7) is -0.672. The number of carbonyl (C=O) groups excluding carboxylic acids is 2. The summed E-state index contributed by atoms with van der Waals surface area (Å²) in [5.41, 5.74) is 11.3. The quantitative estimate of drug-likeness (QED) is 0.354. The van der Waals surface area contributed by atoms with E-state index in [2.05, 4.69) is 10.3 Å². The highest BCUT2D eigenvalue weighted by Gasteiger charge is 2.19. The van der Waals surface area contributed by atoms with Gasteiger partial charge in [0.25, 0.3) is 5.91 Å². The number of ether oxygens (including phenoxy) is 1. The number of nitrogens with one attached hydrogen (secondary N) is 1. The van der Waals surface area contributed by atoms with Crippen LogP contribution < -0.4 is 16.8 Å². The summed E-state index contributed by atoms with van der Waals surface area (Å²) in [5.74, 6) is -6.07. The summed E-state index contributed by atoms with van der Waals surface area (Å²) in [7, 11) is 0. The van der Waals surface area contributed by atoms with Crippen LogP contribution in [0.3, 0.4) is 0 Å². The number of hydrogen-bond acceptors (Lipinski definition) is 7. The number of anilines is 3. The number of carbonyl (C=O) groups is 2. The van der Waals surface area contributed by atoms with Crippen LogP contribution in [0.15, 0.2) is 24.3 Å². The second-order valence-electron chi connectivity index (χ2n) is 5.36. The van der Waals surface area contributed by atoms with E-state index < -0.39 is 41.5 Å². The predicted octanol–water partition coefficient (Wildman–Crippen LogP) is 2.67. The molecule has 27 heavy (non-hydrogen) atoms. The van der Waals surface area contributed by atoms with Gasteiger partial charge in [0.15, 0.2) is 29.2 Å². The van der Waals surface area contributed by atoms with Gasteiger partial charge in [0, 0.05) is 11.4 Å². The molecule has 0 radical (unpaired) electrons. The van der Waals surface area contributed by atoms with Crippen molar-refractivity contribution in [2.75, 3.05) is 23.4 Å². The number of nitrogens with zero attached hydrogens (tertiary/aromatic N) is 1. The fourth-order valence-electron chi connectivity index (χ4n) is 2.19. The topological polar surface area (TPSA) is 120 Å². The van der Waals surface area contributed by atoms with Crippen molar-refractivity contribution in [1.29, 1.82) is 0 Å². The first-order chi connectivity index (χ1) is 12.7. The standard InChI is InChI=1S/C16H11F3N4O3S/c17-9-4-10-14(13(19)12(9)18)23-16(27-10)22-11(24)5-26-15(25)6-1-7(20)3-8(21)2-6/h1-4H,5,20-21H2,(H,22,23,24). The van der Waals surface area contributed by atoms with Crippen LogP contribution >= 0.6 is 11.3 Å². The van der Waals surface area contributed by atoms with Gasteiger partial charge in [-0.15, -0.1) is 0 Å². The van der Waals surface area contributed by atoms with Gasteiger partial charge in [-0.1, -0.05) is 11.3 Å². The van der Waals surface area contributed by atoms with Crippen LogP contribution in [0.4, 0.5) is 29.7 Å². The van der Waals surface area contributed by atoms with Gasteiger partial charge in [-0.05, 0) is 24.3 Å². The minimum absolute atomic E-state index is 0.00827. The van der Waals surface area contributed by atoms with Gasteiger partial charge in [-0.25, -0.2) is 22.9 Å². The average molecular weight is 396 g/mol. The second-order valence-corrected chi connectivity index (χ2v) is 6.40. The fourth-order valence-corrected chi connectivity index (χ4v) is 3.10. The van der Waals surface area contributed by atoms with Crippen molar-refractivity contribution in [3.8, 4) is 0 Å². The summed E-state index contributed by atoms with van der Waals surface area (Å²) < 4.78 is 44.9. The van der Waals surface area contributed by atoms with E-state index in [0.717, 1.165) is 17.4 Å². The molecular weight excluding hydrogens is 385 g/mol. The van der Waals surface area contributed by atoms with Crippen molar-refractivity contribution >= 4 is 49.9 Å². The van der Waals surface area contributed by atoms with Crippen molar-refractivity contribution in [1.82, 2.24) is 4.98 Å². The summed E-state index contributed by atoms with van der Waals surface area (Å²) in [6.07, 6.45) is 0. The zero-order chi connectivity index (χ0) is 19.7. The first-order valence-electron chi connectivity index (χ1n) is 7.31. The minimum Gasteiger partial charge on any atom is -0.452 e. The van der Waals surface area contributed by atoms with Crippen LogP contribution in [0.2, 0.25) is 0 Å². The van der Waals surface area contributed by atoms with Gasteiger partial charge < -0.3 is 16.2 Å². The molecule has 2 aromatic carbocycles. The molecule has 0 saturated carbocycles.